The minimum atomic E-state index is -1.16. The number of hydrogen-bond donors (Lipinski definition) is 8. The number of piperidine rings is 1. The minimum absolute atomic E-state index is 0.00962. The number of anilines is 3. The van der Waals surface area contributed by atoms with Gasteiger partial charge in [-0.2, -0.15) is 0 Å². The van der Waals surface area contributed by atoms with Crippen LogP contribution in [0.2, 0.25) is 0 Å². The summed E-state index contributed by atoms with van der Waals surface area (Å²) < 4.78 is 0. The van der Waals surface area contributed by atoms with Crippen LogP contribution < -0.4 is 34.0 Å². The number of carbonyl (C=O) groups excluding carboxylic acids is 7. The summed E-state index contributed by atoms with van der Waals surface area (Å²) in [6.45, 7) is 0.637. The van der Waals surface area contributed by atoms with Gasteiger partial charge in [-0.1, -0.05) is 18.2 Å². The van der Waals surface area contributed by atoms with E-state index in [0.29, 0.717) is 57.8 Å². The second-order valence-electron chi connectivity index (χ2n) is 14.1. The molecule has 3 aromatic rings. The highest BCUT2D eigenvalue weighted by Gasteiger charge is 2.40. The molecule has 310 valence electrons. The number of nitrogen functional groups attached to an aromatic ring is 3. The lowest BCUT2D eigenvalue weighted by atomic mass is 10.0. The maximum Gasteiger partial charge on any atom is 0.326 e. The highest BCUT2D eigenvalue weighted by Crippen LogP contribution is 2.32. The van der Waals surface area contributed by atoms with Crippen molar-refractivity contribution in [3.8, 4) is 0 Å². The van der Waals surface area contributed by atoms with E-state index in [4.69, 9.17) is 33.8 Å². The molecule has 0 aromatic heterocycles. The molecule has 1 saturated heterocycles. The molecule has 20 heteroatoms. The summed E-state index contributed by atoms with van der Waals surface area (Å²) in [5.41, 5.74) is 32.7. The first-order valence-electron chi connectivity index (χ1n) is 18.3. The number of nitrogens with zero attached hydrogens (tertiary/aromatic N) is 3. The molecule has 0 bridgehead atoms. The monoisotopic (exact) mass is 813 g/mol. The van der Waals surface area contributed by atoms with Gasteiger partial charge in [-0.3, -0.25) is 43.7 Å². The number of aliphatic carboxylic acids is 2. The Bertz CT molecular complexity index is 2160. The third-order valence-electron chi connectivity index (χ3n) is 10.3. The van der Waals surface area contributed by atoms with Crippen molar-refractivity contribution in [2.45, 2.75) is 76.3 Å². The first-order chi connectivity index (χ1) is 27.9. The van der Waals surface area contributed by atoms with Crippen LogP contribution in [-0.2, 0) is 48.4 Å². The Morgan fingerprint density at radius 1 is 0.661 bits per heavy atom. The SMILES string of the molecule is NC(=O)C(CCC(=O)O)N1Cc2c(N)cccc2C1=O.NC(=O)CCC(C(=O)O)N1Cc2c(N)cccc2C1=O.Nc1cccc2c1CN(C1CCC(=O)NC1=O)C2=O. The van der Waals surface area contributed by atoms with Crippen LogP contribution in [0.3, 0.4) is 0 Å². The largest absolute Gasteiger partial charge is 0.481 e. The van der Waals surface area contributed by atoms with Crippen LogP contribution in [0.5, 0.6) is 0 Å². The van der Waals surface area contributed by atoms with E-state index in [1.54, 1.807) is 54.6 Å². The summed E-state index contributed by atoms with van der Waals surface area (Å²) in [5.74, 6) is -5.14. The Morgan fingerprint density at radius 2 is 1.12 bits per heavy atom. The molecule has 13 N–H and O–H groups in total. The Labute approximate surface area is 336 Å². The van der Waals surface area contributed by atoms with E-state index in [1.807, 2.05) is 0 Å². The van der Waals surface area contributed by atoms with E-state index >= 15 is 0 Å². The van der Waals surface area contributed by atoms with Gasteiger partial charge in [0.2, 0.25) is 23.6 Å². The summed E-state index contributed by atoms with van der Waals surface area (Å²) in [6, 6.07) is 12.4. The van der Waals surface area contributed by atoms with E-state index in [2.05, 4.69) is 5.32 Å². The Balaban J connectivity index is 0.000000168. The number of imide groups is 1. The molecule has 3 atom stereocenters. The van der Waals surface area contributed by atoms with E-state index in [0.717, 1.165) is 5.56 Å². The van der Waals surface area contributed by atoms with Crippen molar-refractivity contribution >= 4 is 70.4 Å². The van der Waals surface area contributed by atoms with Crippen LogP contribution in [0.1, 0.15) is 86.3 Å². The summed E-state index contributed by atoms with van der Waals surface area (Å²) in [7, 11) is 0. The van der Waals surface area contributed by atoms with Gasteiger partial charge in [0.1, 0.15) is 18.1 Å². The summed E-state index contributed by atoms with van der Waals surface area (Å²) in [5, 5.41) is 20.2. The predicted molar refractivity (Wildman–Crippen MR) is 208 cm³/mol. The molecule has 0 saturated carbocycles. The second-order valence-corrected chi connectivity index (χ2v) is 14.1. The van der Waals surface area contributed by atoms with Crippen molar-refractivity contribution in [2.75, 3.05) is 17.2 Å². The zero-order valence-electron chi connectivity index (χ0n) is 31.6. The molecule has 1 fully saturated rings. The molecule has 0 radical (unpaired) electrons. The van der Waals surface area contributed by atoms with Gasteiger partial charge in [0.25, 0.3) is 17.7 Å². The lowest BCUT2D eigenvalue weighted by Crippen LogP contribution is -2.52. The topological polar surface area (TPSA) is 346 Å². The predicted octanol–water partition coefficient (Wildman–Crippen LogP) is -0.0836. The third-order valence-corrected chi connectivity index (χ3v) is 10.3. The highest BCUT2D eigenvalue weighted by molar-refractivity contribution is 6.06. The lowest BCUT2D eigenvalue weighted by molar-refractivity contribution is -0.143. The second kappa shape index (κ2) is 17.7. The fourth-order valence-electron chi connectivity index (χ4n) is 7.27. The third kappa shape index (κ3) is 9.22. The van der Waals surface area contributed by atoms with Gasteiger partial charge in [0.15, 0.2) is 0 Å². The maximum atomic E-state index is 12.3. The molecule has 4 heterocycles. The summed E-state index contributed by atoms with van der Waals surface area (Å²) in [6.07, 6.45) is 0.278. The number of benzene rings is 3. The molecule has 3 aromatic carbocycles. The van der Waals surface area contributed by atoms with Crippen LogP contribution in [-0.4, -0.2) is 96.3 Å². The van der Waals surface area contributed by atoms with Gasteiger partial charge in [0, 0.05) is 89.3 Å². The van der Waals surface area contributed by atoms with Crippen molar-refractivity contribution in [1.29, 1.82) is 0 Å². The first-order valence-corrected chi connectivity index (χ1v) is 18.3. The van der Waals surface area contributed by atoms with Gasteiger partial charge in [-0.15, -0.1) is 0 Å². The average Bonchev–Trinajstić information content (AvgIpc) is 3.81. The normalized spacial score (nSPS) is 17.4. The number of carboxylic acid groups (broad SMARTS) is 2. The number of carbonyl (C=O) groups is 9. The van der Waals surface area contributed by atoms with Crippen molar-refractivity contribution in [1.82, 2.24) is 20.0 Å². The number of nitrogens with one attached hydrogen (secondary N) is 1. The number of fused-ring (bicyclic) bond motifs is 3. The molecule has 0 aliphatic carbocycles. The summed E-state index contributed by atoms with van der Waals surface area (Å²) in [4.78, 5) is 108. The molecule has 3 unspecified atom stereocenters. The van der Waals surface area contributed by atoms with Crippen LogP contribution in [0.25, 0.3) is 0 Å². The van der Waals surface area contributed by atoms with Gasteiger partial charge >= 0.3 is 11.9 Å². The lowest BCUT2D eigenvalue weighted by Gasteiger charge is -2.29. The van der Waals surface area contributed by atoms with Crippen LogP contribution in [0, 0.1) is 0 Å². The Hall–Kier alpha value is -7.51. The van der Waals surface area contributed by atoms with Crippen molar-refractivity contribution < 1.29 is 53.4 Å². The molecular weight excluding hydrogens is 770 g/mol. The summed E-state index contributed by atoms with van der Waals surface area (Å²) >= 11 is 0. The Kier molecular flexibility index (Phi) is 12.8. The number of rotatable bonds is 11. The Morgan fingerprint density at radius 3 is 1.53 bits per heavy atom. The molecule has 20 nitrogen and oxygen atoms in total. The number of nitrogens with two attached hydrogens (primary N) is 5. The van der Waals surface area contributed by atoms with Gasteiger partial charge in [-0.05, 0) is 55.7 Å². The van der Waals surface area contributed by atoms with Crippen molar-refractivity contribution in [3.05, 3.63) is 88.0 Å². The number of hydrogen-bond acceptors (Lipinski definition) is 12. The molecular formula is C39H43N9O11. The molecule has 7 rings (SSSR count). The van der Waals surface area contributed by atoms with Gasteiger partial charge in [-0.25, -0.2) is 4.79 Å². The first kappa shape index (κ1) is 42.6. The number of primary amides is 2. The smallest absolute Gasteiger partial charge is 0.326 e. The van der Waals surface area contributed by atoms with E-state index < -0.39 is 47.8 Å². The van der Waals surface area contributed by atoms with Crippen molar-refractivity contribution in [3.63, 3.8) is 0 Å². The fraction of sp³-hybridized carbons (Fsp3) is 0.308. The fourth-order valence-corrected chi connectivity index (χ4v) is 7.27. The minimum Gasteiger partial charge on any atom is -0.481 e. The molecule has 4 aliphatic heterocycles. The van der Waals surface area contributed by atoms with E-state index in [1.165, 1.54) is 14.7 Å². The average molecular weight is 814 g/mol. The number of carboxylic acids is 2. The highest BCUT2D eigenvalue weighted by atomic mass is 16.4. The van der Waals surface area contributed by atoms with E-state index in [-0.39, 0.29) is 68.8 Å². The van der Waals surface area contributed by atoms with Gasteiger partial charge < -0.3 is 53.6 Å². The number of amides is 7. The quantitative estimate of drug-likeness (QED) is 0.0927. The van der Waals surface area contributed by atoms with Gasteiger partial charge in [0.05, 0.1) is 0 Å². The standard InChI is InChI=1S/2C13H15N3O4.C13H13N3O3/c14-9-3-1-2-7-8(9)6-16(13(7)20)10(12(15)19)4-5-11(17)18;14-9-3-1-2-7-8(9)6-16(12(7)18)10(13(19)20)4-5-11(15)17;14-9-3-1-2-7-8(9)6-16(13(7)19)10-4-5-11(17)15-12(10)18/h1-3,10H,4-6,14H2,(H2,15,19)(H,17,18);1-3,10H,4-6,14H2,(H2,15,17)(H,19,20);1-3,10H,4-6,14H2,(H,15,17,18). The molecule has 59 heavy (non-hydrogen) atoms. The zero-order valence-corrected chi connectivity index (χ0v) is 31.6. The van der Waals surface area contributed by atoms with Crippen LogP contribution in [0.15, 0.2) is 54.6 Å². The van der Waals surface area contributed by atoms with E-state index in [9.17, 15) is 48.3 Å². The zero-order chi connectivity index (χ0) is 43.3. The van der Waals surface area contributed by atoms with Crippen LogP contribution >= 0.6 is 0 Å². The molecule has 7 amide bonds. The van der Waals surface area contributed by atoms with Crippen molar-refractivity contribution in [2.24, 2.45) is 11.5 Å². The molecule has 4 aliphatic rings. The van der Waals surface area contributed by atoms with Crippen LogP contribution in [0.4, 0.5) is 17.1 Å². The molecule has 0 spiro atoms. The maximum absolute atomic E-state index is 12.3.